The minimum absolute atomic E-state index is 0.0783. The van der Waals surface area contributed by atoms with E-state index in [1.54, 1.807) is 17.8 Å². The molecule has 0 heterocycles. The van der Waals surface area contributed by atoms with Crippen molar-refractivity contribution in [2.24, 2.45) is 0 Å². The van der Waals surface area contributed by atoms with Crippen LogP contribution in [0.2, 0.25) is 0 Å². The molecular formula is C19H17FOS. The van der Waals surface area contributed by atoms with E-state index >= 15 is 0 Å². The van der Waals surface area contributed by atoms with Crippen molar-refractivity contribution in [1.29, 1.82) is 0 Å². The first-order valence-corrected chi connectivity index (χ1v) is 8.33. The Hall–Kier alpha value is -1.84. The van der Waals surface area contributed by atoms with Gasteiger partial charge in [0.05, 0.1) is 6.61 Å². The van der Waals surface area contributed by atoms with Crippen molar-refractivity contribution in [3.63, 3.8) is 0 Å². The van der Waals surface area contributed by atoms with Crippen LogP contribution in [0.4, 0.5) is 4.39 Å². The monoisotopic (exact) mass is 312 g/mol. The number of aliphatic hydroxyl groups is 1. The van der Waals surface area contributed by atoms with Gasteiger partial charge in [-0.05, 0) is 76.9 Å². The second kappa shape index (κ2) is 6.11. The van der Waals surface area contributed by atoms with Crippen LogP contribution in [0.3, 0.4) is 0 Å². The summed E-state index contributed by atoms with van der Waals surface area (Å²) in [6, 6.07) is 13.1. The highest BCUT2D eigenvalue weighted by Gasteiger charge is 2.23. The molecule has 0 aromatic heterocycles. The van der Waals surface area contributed by atoms with E-state index in [-0.39, 0.29) is 12.4 Å². The summed E-state index contributed by atoms with van der Waals surface area (Å²) in [4.78, 5) is 1.22. The van der Waals surface area contributed by atoms with Crippen molar-refractivity contribution >= 4 is 29.0 Å². The van der Waals surface area contributed by atoms with E-state index in [1.165, 1.54) is 17.0 Å². The van der Waals surface area contributed by atoms with Gasteiger partial charge in [-0.1, -0.05) is 18.2 Å². The van der Waals surface area contributed by atoms with E-state index in [0.717, 1.165) is 33.4 Å². The molecule has 0 saturated carbocycles. The molecule has 0 unspecified atom stereocenters. The molecule has 0 radical (unpaired) electrons. The Morgan fingerprint density at radius 1 is 1.09 bits per heavy atom. The molecule has 3 heteroatoms. The Kier molecular flexibility index (Phi) is 4.19. The SMILES string of the molecule is CSc1ccc(/C=C2\C(C)=C(CO)c3cc(F)ccc32)cc1. The van der Waals surface area contributed by atoms with E-state index in [0.29, 0.717) is 0 Å². The number of rotatable bonds is 3. The fourth-order valence-electron chi connectivity index (χ4n) is 2.82. The third-order valence-corrected chi connectivity index (χ3v) is 4.78. The van der Waals surface area contributed by atoms with Crippen LogP contribution < -0.4 is 0 Å². The van der Waals surface area contributed by atoms with Crippen molar-refractivity contribution in [3.8, 4) is 0 Å². The number of hydrogen-bond donors (Lipinski definition) is 1. The minimum atomic E-state index is -0.275. The van der Waals surface area contributed by atoms with E-state index in [4.69, 9.17) is 0 Å². The largest absolute Gasteiger partial charge is 0.392 e. The number of allylic oxidation sites excluding steroid dienone is 2. The molecule has 0 saturated heterocycles. The lowest BCUT2D eigenvalue weighted by molar-refractivity contribution is 0.350. The second-order valence-electron chi connectivity index (χ2n) is 5.28. The summed E-state index contributed by atoms with van der Waals surface area (Å²) in [5, 5.41) is 9.62. The quantitative estimate of drug-likeness (QED) is 0.816. The van der Waals surface area contributed by atoms with Crippen LogP contribution in [0.15, 0.2) is 52.9 Å². The molecule has 0 amide bonds. The van der Waals surface area contributed by atoms with Gasteiger partial charge >= 0.3 is 0 Å². The van der Waals surface area contributed by atoms with Crippen molar-refractivity contribution < 1.29 is 9.50 Å². The number of thioether (sulfide) groups is 1. The number of fused-ring (bicyclic) bond motifs is 1. The van der Waals surface area contributed by atoms with E-state index in [1.807, 2.05) is 6.92 Å². The normalized spacial score (nSPS) is 15.5. The van der Waals surface area contributed by atoms with Crippen molar-refractivity contribution in [2.45, 2.75) is 11.8 Å². The lowest BCUT2D eigenvalue weighted by Gasteiger charge is -2.05. The summed E-state index contributed by atoms with van der Waals surface area (Å²) in [6.45, 7) is 1.90. The topological polar surface area (TPSA) is 20.2 Å². The maximum Gasteiger partial charge on any atom is 0.123 e. The number of halogens is 1. The van der Waals surface area contributed by atoms with Gasteiger partial charge in [-0.3, -0.25) is 0 Å². The van der Waals surface area contributed by atoms with Crippen LogP contribution in [0, 0.1) is 5.82 Å². The lowest BCUT2D eigenvalue weighted by atomic mass is 10.0. The summed E-state index contributed by atoms with van der Waals surface area (Å²) >= 11 is 1.71. The molecule has 0 aliphatic heterocycles. The maximum absolute atomic E-state index is 13.5. The number of aliphatic hydroxyl groups excluding tert-OH is 1. The zero-order valence-corrected chi connectivity index (χ0v) is 13.4. The molecule has 3 rings (SSSR count). The van der Waals surface area contributed by atoms with Gasteiger partial charge in [0.2, 0.25) is 0 Å². The van der Waals surface area contributed by atoms with Crippen LogP contribution in [-0.2, 0) is 0 Å². The first kappa shape index (κ1) is 15.1. The van der Waals surface area contributed by atoms with Crippen LogP contribution >= 0.6 is 11.8 Å². The van der Waals surface area contributed by atoms with Gasteiger partial charge in [0, 0.05) is 4.90 Å². The Morgan fingerprint density at radius 3 is 2.45 bits per heavy atom. The van der Waals surface area contributed by atoms with E-state index in [9.17, 15) is 9.50 Å². The van der Waals surface area contributed by atoms with Gasteiger partial charge in [-0.25, -0.2) is 4.39 Å². The molecule has 1 aliphatic carbocycles. The zero-order chi connectivity index (χ0) is 15.7. The van der Waals surface area contributed by atoms with Crippen molar-refractivity contribution in [3.05, 3.63) is 70.5 Å². The summed E-state index contributed by atoms with van der Waals surface area (Å²) in [6.07, 6.45) is 4.15. The van der Waals surface area contributed by atoms with Gasteiger partial charge in [-0.15, -0.1) is 11.8 Å². The maximum atomic E-state index is 13.5. The number of hydrogen-bond acceptors (Lipinski definition) is 2. The molecule has 0 spiro atoms. The Balaban J connectivity index is 2.10. The lowest BCUT2D eigenvalue weighted by Crippen LogP contribution is -1.90. The van der Waals surface area contributed by atoms with Crippen LogP contribution in [0.1, 0.15) is 23.6 Å². The molecule has 1 N–H and O–H groups in total. The fourth-order valence-corrected chi connectivity index (χ4v) is 3.23. The smallest absolute Gasteiger partial charge is 0.123 e. The first-order chi connectivity index (χ1) is 10.6. The molecule has 2 aromatic rings. The summed E-state index contributed by atoms with van der Waals surface area (Å²) in [5.74, 6) is -0.275. The summed E-state index contributed by atoms with van der Waals surface area (Å²) in [5.41, 5.74) is 5.75. The second-order valence-corrected chi connectivity index (χ2v) is 6.16. The van der Waals surface area contributed by atoms with Crippen LogP contribution in [0.25, 0.3) is 17.2 Å². The Bertz CT molecular complexity index is 773. The summed E-state index contributed by atoms with van der Waals surface area (Å²) in [7, 11) is 0. The van der Waals surface area contributed by atoms with Gasteiger partial charge in [0.25, 0.3) is 0 Å². The van der Waals surface area contributed by atoms with Gasteiger partial charge in [0.1, 0.15) is 5.82 Å². The van der Waals surface area contributed by atoms with E-state index in [2.05, 4.69) is 36.6 Å². The molecule has 0 fully saturated rings. The highest BCUT2D eigenvalue weighted by molar-refractivity contribution is 7.98. The number of benzene rings is 2. The van der Waals surface area contributed by atoms with Gasteiger partial charge < -0.3 is 5.11 Å². The average Bonchev–Trinajstić information content (AvgIpc) is 2.79. The van der Waals surface area contributed by atoms with Gasteiger partial charge in [-0.2, -0.15) is 0 Å². The Labute approximate surface area is 134 Å². The highest BCUT2D eigenvalue weighted by Crippen LogP contribution is 2.42. The molecule has 1 aliphatic rings. The Morgan fingerprint density at radius 2 is 1.82 bits per heavy atom. The highest BCUT2D eigenvalue weighted by atomic mass is 32.2. The minimum Gasteiger partial charge on any atom is -0.392 e. The molecule has 0 atom stereocenters. The molecule has 0 bridgehead atoms. The molecule has 2 aromatic carbocycles. The van der Waals surface area contributed by atoms with Crippen molar-refractivity contribution in [1.82, 2.24) is 0 Å². The van der Waals surface area contributed by atoms with Crippen molar-refractivity contribution in [2.75, 3.05) is 12.9 Å². The standard InChI is InChI=1S/C19H17FOS/c1-12-17(9-13-3-6-15(22-2)7-4-13)16-8-5-14(20)10-18(16)19(12)11-21/h3-10,21H,11H2,1-2H3/b17-9+. The molecular weight excluding hydrogens is 295 g/mol. The predicted octanol–water partition coefficient (Wildman–Crippen LogP) is 4.87. The fraction of sp³-hybridized carbons (Fsp3) is 0.158. The average molecular weight is 312 g/mol. The summed E-state index contributed by atoms with van der Waals surface area (Å²) < 4.78 is 13.5. The van der Waals surface area contributed by atoms with Gasteiger partial charge in [0.15, 0.2) is 0 Å². The predicted molar refractivity (Wildman–Crippen MR) is 92.2 cm³/mol. The zero-order valence-electron chi connectivity index (χ0n) is 12.6. The van der Waals surface area contributed by atoms with Crippen LogP contribution in [0.5, 0.6) is 0 Å². The molecule has 112 valence electrons. The molecule has 1 nitrogen and oxygen atoms in total. The van der Waals surface area contributed by atoms with E-state index < -0.39 is 0 Å². The first-order valence-electron chi connectivity index (χ1n) is 7.11. The third-order valence-electron chi connectivity index (χ3n) is 4.04. The third kappa shape index (κ3) is 2.62. The molecule has 22 heavy (non-hydrogen) atoms. The van der Waals surface area contributed by atoms with Crippen LogP contribution in [-0.4, -0.2) is 18.0 Å².